The van der Waals surface area contributed by atoms with Crippen molar-refractivity contribution in [3.8, 4) is 5.75 Å². The first-order valence-corrected chi connectivity index (χ1v) is 5.87. The molecule has 1 aliphatic rings. The van der Waals surface area contributed by atoms with Gasteiger partial charge < -0.3 is 14.9 Å². The minimum atomic E-state index is -0.404. The maximum absolute atomic E-state index is 9.70. The molecule has 1 heterocycles. The Bertz CT molecular complexity index is 352. The summed E-state index contributed by atoms with van der Waals surface area (Å²) in [5, 5.41) is 18.8. The normalized spacial score (nSPS) is 25.1. The summed E-state index contributed by atoms with van der Waals surface area (Å²) in [6.45, 7) is 2.25. The SMILES string of the molecule is COc1ccc(CN2CC(O)C(CO)C2)cc1. The molecule has 94 valence electrons. The molecule has 0 saturated carbocycles. The van der Waals surface area contributed by atoms with E-state index in [-0.39, 0.29) is 12.5 Å². The summed E-state index contributed by atoms with van der Waals surface area (Å²) < 4.78 is 5.10. The van der Waals surface area contributed by atoms with Crippen LogP contribution in [0.2, 0.25) is 0 Å². The van der Waals surface area contributed by atoms with E-state index >= 15 is 0 Å². The molecule has 2 unspecified atom stereocenters. The third-order valence-corrected chi connectivity index (χ3v) is 3.28. The lowest BCUT2D eigenvalue weighted by Gasteiger charge is -2.15. The van der Waals surface area contributed by atoms with Gasteiger partial charge in [0.15, 0.2) is 0 Å². The van der Waals surface area contributed by atoms with E-state index in [2.05, 4.69) is 4.90 Å². The quantitative estimate of drug-likeness (QED) is 0.800. The van der Waals surface area contributed by atoms with Crippen molar-refractivity contribution < 1.29 is 14.9 Å². The molecule has 1 aromatic rings. The third-order valence-electron chi connectivity index (χ3n) is 3.28. The molecule has 0 aromatic heterocycles. The molecular formula is C13H19NO3. The van der Waals surface area contributed by atoms with Crippen molar-refractivity contribution in [1.29, 1.82) is 0 Å². The van der Waals surface area contributed by atoms with Gasteiger partial charge in [-0.1, -0.05) is 12.1 Å². The second kappa shape index (κ2) is 5.49. The molecule has 1 fully saturated rings. The van der Waals surface area contributed by atoms with Crippen LogP contribution in [-0.4, -0.2) is 48.0 Å². The standard InChI is InChI=1S/C13H19NO3/c1-17-12-4-2-10(3-5-12)6-14-7-11(9-15)13(16)8-14/h2-5,11,13,15-16H,6-9H2,1H3. The van der Waals surface area contributed by atoms with E-state index in [4.69, 9.17) is 9.84 Å². The number of benzene rings is 1. The fraction of sp³-hybridized carbons (Fsp3) is 0.538. The summed E-state index contributed by atoms with van der Waals surface area (Å²) in [7, 11) is 1.65. The third kappa shape index (κ3) is 2.97. The predicted octanol–water partition coefficient (Wildman–Crippen LogP) is 0.480. The highest BCUT2D eigenvalue weighted by molar-refractivity contribution is 5.27. The largest absolute Gasteiger partial charge is 0.497 e. The zero-order chi connectivity index (χ0) is 12.3. The van der Waals surface area contributed by atoms with Crippen LogP contribution in [0.5, 0.6) is 5.75 Å². The predicted molar refractivity (Wildman–Crippen MR) is 64.9 cm³/mol. The lowest BCUT2D eigenvalue weighted by molar-refractivity contribution is 0.103. The topological polar surface area (TPSA) is 52.9 Å². The summed E-state index contributed by atoms with van der Waals surface area (Å²) in [4.78, 5) is 2.16. The summed E-state index contributed by atoms with van der Waals surface area (Å²) in [5.74, 6) is 0.844. The van der Waals surface area contributed by atoms with E-state index in [0.717, 1.165) is 18.8 Å². The van der Waals surface area contributed by atoms with Gasteiger partial charge in [0.05, 0.1) is 13.2 Å². The molecule has 2 atom stereocenters. The molecular weight excluding hydrogens is 218 g/mol. The van der Waals surface area contributed by atoms with Gasteiger partial charge in [0, 0.05) is 32.2 Å². The Kier molecular flexibility index (Phi) is 3.99. The molecule has 0 spiro atoms. The maximum atomic E-state index is 9.70. The summed E-state index contributed by atoms with van der Waals surface area (Å²) >= 11 is 0. The van der Waals surface area contributed by atoms with E-state index in [1.165, 1.54) is 5.56 Å². The van der Waals surface area contributed by atoms with Crippen molar-refractivity contribution in [2.24, 2.45) is 5.92 Å². The number of aliphatic hydroxyl groups is 2. The van der Waals surface area contributed by atoms with Gasteiger partial charge in [-0.25, -0.2) is 0 Å². The van der Waals surface area contributed by atoms with Gasteiger partial charge in [-0.05, 0) is 17.7 Å². The van der Waals surface area contributed by atoms with Crippen molar-refractivity contribution in [2.75, 3.05) is 26.8 Å². The molecule has 1 saturated heterocycles. The first-order chi connectivity index (χ1) is 8.22. The fourth-order valence-electron chi connectivity index (χ4n) is 2.24. The van der Waals surface area contributed by atoms with Crippen LogP contribution < -0.4 is 4.74 Å². The van der Waals surface area contributed by atoms with Gasteiger partial charge >= 0.3 is 0 Å². The van der Waals surface area contributed by atoms with Crippen molar-refractivity contribution in [3.05, 3.63) is 29.8 Å². The first kappa shape index (κ1) is 12.4. The van der Waals surface area contributed by atoms with E-state index < -0.39 is 6.10 Å². The number of hydrogen-bond donors (Lipinski definition) is 2. The number of ether oxygens (including phenoxy) is 1. The highest BCUT2D eigenvalue weighted by Gasteiger charge is 2.30. The number of methoxy groups -OCH3 is 1. The van der Waals surface area contributed by atoms with E-state index in [9.17, 15) is 5.11 Å². The van der Waals surface area contributed by atoms with E-state index in [0.29, 0.717) is 6.54 Å². The van der Waals surface area contributed by atoms with Crippen LogP contribution in [0.4, 0.5) is 0 Å². The molecule has 4 nitrogen and oxygen atoms in total. The van der Waals surface area contributed by atoms with Crippen LogP contribution in [0.15, 0.2) is 24.3 Å². The van der Waals surface area contributed by atoms with Crippen LogP contribution in [0.25, 0.3) is 0 Å². The van der Waals surface area contributed by atoms with Crippen LogP contribution in [0.1, 0.15) is 5.56 Å². The molecule has 0 aliphatic carbocycles. The number of nitrogens with zero attached hydrogens (tertiary/aromatic N) is 1. The van der Waals surface area contributed by atoms with Gasteiger partial charge in [0.1, 0.15) is 5.75 Å². The summed E-state index contributed by atoms with van der Waals surface area (Å²) in [6.07, 6.45) is -0.404. The first-order valence-electron chi connectivity index (χ1n) is 5.87. The Morgan fingerprint density at radius 3 is 2.53 bits per heavy atom. The van der Waals surface area contributed by atoms with E-state index in [1.54, 1.807) is 7.11 Å². The number of aliphatic hydroxyl groups excluding tert-OH is 2. The molecule has 2 N–H and O–H groups in total. The summed E-state index contributed by atoms with van der Waals surface area (Å²) in [5.41, 5.74) is 1.19. The summed E-state index contributed by atoms with van der Waals surface area (Å²) in [6, 6.07) is 7.92. The van der Waals surface area contributed by atoms with Gasteiger partial charge in [0.2, 0.25) is 0 Å². The lowest BCUT2D eigenvalue weighted by atomic mass is 10.1. The maximum Gasteiger partial charge on any atom is 0.118 e. The van der Waals surface area contributed by atoms with Crippen molar-refractivity contribution in [3.63, 3.8) is 0 Å². The van der Waals surface area contributed by atoms with Crippen LogP contribution >= 0.6 is 0 Å². The average Bonchev–Trinajstić information content (AvgIpc) is 2.70. The molecule has 2 rings (SSSR count). The average molecular weight is 237 g/mol. The Balaban J connectivity index is 1.93. The highest BCUT2D eigenvalue weighted by Crippen LogP contribution is 2.20. The Morgan fingerprint density at radius 2 is 2.00 bits per heavy atom. The number of rotatable bonds is 4. The fourth-order valence-corrected chi connectivity index (χ4v) is 2.24. The highest BCUT2D eigenvalue weighted by atomic mass is 16.5. The molecule has 1 aliphatic heterocycles. The molecule has 1 aromatic carbocycles. The van der Waals surface area contributed by atoms with Gasteiger partial charge in [-0.2, -0.15) is 0 Å². The van der Waals surface area contributed by atoms with Crippen LogP contribution in [0, 0.1) is 5.92 Å². The van der Waals surface area contributed by atoms with Crippen molar-refractivity contribution in [1.82, 2.24) is 4.90 Å². The van der Waals surface area contributed by atoms with Crippen molar-refractivity contribution >= 4 is 0 Å². The van der Waals surface area contributed by atoms with Gasteiger partial charge in [0.25, 0.3) is 0 Å². The van der Waals surface area contributed by atoms with Crippen molar-refractivity contribution in [2.45, 2.75) is 12.6 Å². The molecule has 17 heavy (non-hydrogen) atoms. The molecule has 0 bridgehead atoms. The van der Waals surface area contributed by atoms with Gasteiger partial charge in [-0.3, -0.25) is 4.90 Å². The minimum absolute atomic E-state index is 0.00625. The van der Waals surface area contributed by atoms with Crippen LogP contribution in [0.3, 0.4) is 0 Å². The Hall–Kier alpha value is -1.10. The molecule has 0 amide bonds. The second-order valence-corrected chi connectivity index (χ2v) is 4.55. The number of hydrogen-bond acceptors (Lipinski definition) is 4. The minimum Gasteiger partial charge on any atom is -0.497 e. The lowest BCUT2D eigenvalue weighted by Crippen LogP contribution is -2.21. The monoisotopic (exact) mass is 237 g/mol. The molecule has 4 heteroatoms. The Labute approximate surface area is 101 Å². The van der Waals surface area contributed by atoms with E-state index in [1.807, 2.05) is 24.3 Å². The van der Waals surface area contributed by atoms with Gasteiger partial charge in [-0.15, -0.1) is 0 Å². The Morgan fingerprint density at radius 1 is 1.29 bits per heavy atom. The second-order valence-electron chi connectivity index (χ2n) is 4.55. The zero-order valence-electron chi connectivity index (χ0n) is 10.0. The van der Waals surface area contributed by atoms with Crippen LogP contribution in [-0.2, 0) is 6.54 Å². The smallest absolute Gasteiger partial charge is 0.118 e. The number of likely N-dealkylation sites (tertiary alicyclic amines) is 1. The number of β-amino-alcohol motifs (C(OH)–C–C–N with tert-alkyl or cyclic N) is 1. The molecule has 0 radical (unpaired) electrons. The zero-order valence-corrected chi connectivity index (χ0v) is 10.0.